The molecule has 1 aromatic heterocycles. The van der Waals surface area contributed by atoms with Crippen LogP contribution in [0.2, 0.25) is 0 Å². The van der Waals surface area contributed by atoms with Gasteiger partial charge in [-0.1, -0.05) is 0 Å². The van der Waals surface area contributed by atoms with Crippen molar-refractivity contribution in [2.75, 3.05) is 12.4 Å². The quantitative estimate of drug-likeness (QED) is 0.909. The predicted molar refractivity (Wildman–Crippen MR) is 76.9 cm³/mol. The lowest BCUT2D eigenvalue weighted by molar-refractivity contribution is 0.0698. The molecule has 0 fully saturated rings. The minimum absolute atomic E-state index is 0.0137. The van der Waals surface area contributed by atoms with Crippen LogP contribution in [-0.4, -0.2) is 24.1 Å². The summed E-state index contributed by atoms with van der Waals surface area (Å²) in [7, 11) is 1.33. The molecule has 0 radical (unpaired) electrons. The van der Waals surface area contributed by atoms with Crippen molar-refractivity contribution in [2.24, 2.45) is 0 Å². The summed E-state index contributed by atoms with van der Waals surface area (Å²) in [6.07, 6.45) is 0. The standard InChI is InChI=1S/C14H12FNO4S/c1-7-5-9(14(18)19)13(21-7)16-12(17)8-3-4-11(20-2)10(15)6-8/h3-6H,1-2H3,(H,16,17)(H,18,19). The van der Waals surface area contributed by atoms with Gasteiger partial charge in [-0.3, -0.25) is 4.79 Å². The molecule has 0 saturated carbocycles. The van der Waals surface area contributed by atoms with Crippen LogP contribution in [0.5, 0.6) is 5.75 Å². The Morgan fingerprint density at radius 2 is 2.05 bits per heavy atom. The summed E-state index contributed by atoms with van der Waals surface area (Å²) >= 11 is 1.15. The molecular formula is C14H12FNO4S. The van der Waals surface area contributed by atoms with Crippen LogP contribution in [0.1, 0.15) is 25.6 Å². The number of anilines is 1. The molecule has 2 rings (SSSR count). The largest absolute Gasteiger partial charge is 0.494 e. The van der Waals surface area contributed by atoms with Gasteiger partial charge in [0.05, 0.1) is 12.7 Å². The average molecular weight is 309 g/mol. The highest BCUT2D eigenvalue weighted by atomic mass is 32.1. The highest BCUT2D eigenvalue weighted by Gasteiger charge is 2.17. The molecule has 0 spiro atoms. The van der Waals surface area contributed by atoms with Crippen LogP contribution in [0.15, 0.2) is 24.3 Å². The third-order valence-electron chi connectivity index (χ3n) is 2.73. The number of hydrogen-bond acceptors (Lipinski definition) is 4. The normalized spacial score (nSPS) is 10.2. The van der Waals surface area contributed by atoms with Gasteiger partial charge in [-0.2, -0.15) is 0 Å². The third-order valence-corrected chi connectivity index (χ3v) is 3.69. The zero-order valence-corrected chi connectivity index (χ0v) is 12.1. The first-order valence-corrected chi connectivity index (χ1v) is 6.72. The van der Waals surface area contributed by atoms with Crippen LogP contribution in [0.3, 0.4) is 0 Å². The number of carboxylic acids is 1. The van der Waals surface area contributed by atoms with E-state index in [1.54, 1.807) is 6.92 Å². The van der Waals surface area contributed by atoms with Gasteiger partial charge in [0.2, 0.25) is 0 Å². The molecule has 7 heteroatoms. The number of aromatic carboxylic acids is 1. The topological polar surface area (TPSA) is 75.6 Å². The lowest BCUT2D eigenvalue weighted by Gasteiger charge is -2.06. The number of carboxylic acid groups (broad SMARTS) is 1. The Bertz CT molecular complexity index is 711. The van der Waals surface area contributed by atoms with Crippen LogP contribution >= 0.6 is 11.3 Å². The van der Waals surface area contributed by atoms with Gasteiger partial charge < -0.3 is 15.2 Å². The fraction of sp³-hybridized carbons (Fsp3) is 0.143. The summed E-state index contributed by atoms with van der Waals surface area (Å²) < 4.78 is 18.3. The number of benzene rings is 1. The van der Waals surface area contributed by atoms with Crippen molar-refractivity contribution in [1.82, 2.24) is 0 Å². The van der Waals surface area contributed by atoms with E-state index in [0.717, 1.165) is 22.3 Å². The molecule has 1 aromatic carbocycles. The van der Waals surface area contributed by atoms with Crippen molar-refractivity contribution in [1.29, 1.82) is 0 Å². The summed E-state index contributed by atoms with van der Waals surface area (Å²) in [4.78, 5) is 23.9. The molecule has 0 bridgehead atoms. The molecule has 0 aliphatic carbocycles. The number of rotatable bonds is 4. The minimum Gasteiger partial charge on any atom is -0.494 e. The summed E-state index contributed by atoms with van der Waals surface area (Å²) in [5.74, 6) is -2.34. The number of amides is 1. The van der Waals surface area contributed by atoms with Crippen LogP contribution in [0.25, 0.3) is 0 Å². The molecule has 1 heterocycles. The second kappa shape index (κ2) is 5.92. The molecule has 0 atom stereocenters. The van der Waals surface area contributed by atoms with E-state index in [1.165, 1.54) is 25.3 Å². The maximum absolute atomic E-state index is 13.6. The van der Waals surface area contributed by atoms with Gasteiger partial charge >= 0.3 is 5.97 Å². The summed E-state index contributed by atoms with van der Waals surface area (Å²) in [6.45, 7) is 1.74. The molecule has 21 heavy (non-hydrogen) atoms. The summed E-state index contributed by atoms with van der Waals surface area (Å²) in [6, 6.07) is 5.24. The first kappa shape index (κ1) is 15.0. The molecule has 2 N–H and O–H groups in total. The number of hydrogen-bond donors (Lipinski definition) is 2. The number of ether oxygens (including phenoxy) is 1. The number of halogens is 1. The number of nitrogens with one attached hydrogen (secondary N) is 1. The van der Waals surface area contributed by atoms with E-state index in [1.807, 2.05) is 0 Å². The first-order valence-electron chi connectivity index (χ1n) is 5.91. The molecule has 5 nitrogen and oxygen atoms in total. The molecule has 0 aliphatic heterocycles. The molecule has 2 aromatic rings. The van der Waals surface area contributed by atoms with E-state index < -0.39 is 17.7 Å². The van der Waals surface area contributed by atoms with Crippen LogP contribution in [-0.2, 0) is 0 Å². The zero-order chi connectivity index (χ0) is 15.6. The van der Waals surface area contributed by atoms with Crippen molar-refractivity contribution in [3.63, 3.8) is 0 Å². The lowest BCUT2D eigenvalue weighted by Crippen LogP contribution is -2.13. The number of carbonyl (C=O) groups excluding carboxylic acids is 1. The molecule has 0 unspecified atom stereocenters. The number of aryl methyl sites for hydroxylation is 1. The zero-order valence-electron chi connectivity index (χ0n) is 11.3. The van der Waals surface area contributed by atoms with Gasteiger partial charge in [0.1, 0.15) is 5.00 Å². The van der Waals surface area contributed by atoms with Gasteiger partial charge in [-0.05, 0) is 31.2 Å². The number of thiophene rings is 1. The van der Waals surface area contributed by atoms with Crippen molar-refractivity contribution in [3.8, 4) is 5.75 Å². The Labute approximate surface area is 124 Å². The van der Waals surface area contributed by atoms with E-state index in [-0.39, 0.29) is 21.9 Å². The number of carbonyl (C=O) groups is 2. The monoisotopic (exact) mass is 309 g/mol. The van der Waals surface area contributed by atoms with Crippen molar-refractivity contribution >= 4 is 28.2 Å². The first-order chi connectivity index (χ1) is 9.92. The lowest BCUT2D eigenvalue weighted by atomic mass is 10.2. The van der Waals surface area contributed by atoms with Gasteiger partial charge in [0.15, 0.2) is 11.6 Å². The minimum atomic E-state index is -1.13. The van der Waals surface area contributed by atoms with Crippen molar-refractivity contribution in [3.05, 3.63) is 46.1 Å². The van der Waals surface area contributed by atoms with Crippen LogP contribution < -0.4 is 10.1 Å². The Kier molecular flexibility index (Phi) is 4.23. The highest BCUT2D eigenvalue weighted by Crippen LogP contribution is 2.28. The van der Waals surface area contributed by atoms with E-state index >= 15 is 0 Å². The molecule has 0 aliphatic rings. The Morgan fingerprint density at radius 1 is 1.33 bits per heavy atom. The molecule has 110 valence electrons. The summed E-state index contributed by atoms with van der Waals surface area (Å²) in [5.41, 5.74) is 0.0931. The Hall–Kier alpha value is -2.41. The van der Waals surface area contributed by atoms with Crippen molar-refractivity contribution in [2.45, 2.75) is 6.92 Å². The van der Waals surface area contributed by atoms with Gasteiger partial charge in [-0.25, -0.2) is 9.18 Å². The van der Waals surface area contributed by atoms with E-state index in [0.29, 0.717) is 0 Å². The Balaban J connectivity index is 2.26. The molecular weight excluding hydrogens is 297 g/mol. The SMILES string of the molecule is COc1ccc(C(=O)Nc2sc(C)cc2C(=O)O)cc1F. The second-order valence-electron chi connectivity index (χ2n) is 4.21. The predicted octanol–water partition coefficient (Wildman–Crippen LogP) is 3.15. The number of methoxy groups -OCH3 is 1. The summed E-state index contributed by atoms with van der Waals surface area (Å²) in [5, 5.41) is 11.8. The average Bonchev–Trinajstić information content (AvgIpc) is 2.79. The maximum atomic E-state index is 13.6. The van der Waals surface area contributed by atoms with E-state index in [2.05, 4.69) is 5.32 Å². The van der Waals surface area contributed by atoms with Crippen LogP contribution in [0.4, 0.5) is 9.39 Å². The van der Waals surface area contributed by atoms with Gasteiger partial charge in [-0.15, -0.1) is 11.3 Å². The fourth-order valence-electron chi connectivity index (χ4n) is 1.75. The van der Waals surface area contributed by atoms with Crippen molar-refractivity contribution < 1.29 is 23.8 Å². The maximum Gasteiger partial charge on any atom is 0.338 e. The molecule has 0 saturated heterocycles. The van der Waals surface area contributed by atoms with Gasteiger partial charge in [0, 0.05) is 10.4 Å². The smallest absolute Gasteiger partial charge is 0.338 e. The third kappa shape index (κ3) is 3.19. The second-order valence-corrected chi connectivity index (χ2v) is 5.46. The van der Waals surface area contributed by atoms with Gasteiger partial charge in [0.25, 0.3) is 5.91 Å². The molecule has 1 amide bonds. The highest BCUT2D eigenvalue weighted by molar-refractivity contribution is 7.16. The van der Waals surface area contributed by atoms with E-state index in [9.17, 15) is 14.0 Å². The van der Waals surface area contributed by atoms with E-state index in [4.69, 9.17) is 9.84 Å². The van der Waals surface area contributed by atoms with Crippen LogP contribution in [0, 0.1) is 12.7 Å². The fourth-order valence-corrected chi connectivity index (χ4v) is 2.65. The Morgan fingerprint density at radius 3 is 2.62 bits per heavy atom.